The lowest BCUT2D eigenvalue weighted by Crippen LogP contribution is -2.48. The number of rotatable bonds is 12. The maximum absolute atomic E-state index is 13.8. The van der Waals surface area contributed by atoms with Crippen LogP contribution < -0.4 is 19.7 Å². The summed E-state index contributed by atoms with van der Waals surface area (Å²) in [6.07, 6.45) is 2.66. The number of benzene rings is 2. The molecule has 3 aromatic rings. The minimum atomic E-state index is -1.07. The highest BCUT2D eigenvalue weighted by molar-refractivity contribution is 6.05. The summed E-state index contributed by atoms with van der Waals surface area (Å²) in [6, 6.07) is 11.6. The van der Waals surface area contributed by atoms with Crippen molar-refractivity contribution in [2.75, 3.05) is 25.7 Å². The zero-order chi connectivity index (χ0) is 27.1. The molecule has 9 heteroatoms. The first-order chi connectivity index (χ1) is 17.7. The fourth-order valence-corrected chi connectivity index (χ4v) is 4.41. The van der Waals surface area contributed by atoms with Crippen LogP contribution in [0.15, 0.2) is 42.5 Å². The predicted molar refractivity (Wildman–Crippen MR) is 143 cm³/mol. The van der Waals surface area contributed by atoms with E-state index in [4.69, 9.17) is 9.47 Å². The molecule has 2 N–H and O–H groups in total. The van der Waals surface area contributed by atoms with Crippen molar-refractivity contribution in [3.63, 3.8) is 0 Å². The van der Waals surface area contributed by atoms with Crippen molar-refractivity contribution in [3.05, 3.63) is 53.7 Å². The van der Waals surface area contributed by atoms with E-state index in [1.54, 1.807) is 44.2 Å². The highest BCUT2D eigenvalue weighted by Crippen LogP contribution is 2.39. The first-order valence-electron chi connectivity index (χ1n) is 12.4. The van der Waals surface area contributed by atoms with Gasteiger partial charge in [0, 0.05) is 17.4 Å². The highest BCUT2D eigenvalue weighted by atomic mass is 16.5. The molecular weight excluding hydrogens is 474 g/mol. The maximum atomic E-state index is 13.8. The minimum absolute atomic E-state index is 0.172. The normalized spacial score (nSPS) is 11.7. The summed E-state index contributed by atoms with van der Waals surface area (Å²) in [5, 5.41) is 12.9. The number of aliphatic carboxylic acids is 1. The van der Waals surface area contributed by atoms with Gasteiger partial charge in [-0.2, -0.15) is 0 Å². The molecule has 0 aliphatic rings. The molecule has 1 aromatic heterocycles. The van der Waals surface area contributed by atoms with Crippen LogP contribution in [0.1, 0.15) is 49.2 Å². The highest BCUT2D eigenvalue weighted by Gasteiger charge is 2.29. The standard InChI is InChI=1S/C28H35N3O6/c1-6-7-10-13-30(26-23(36-4)14-18(2)15-24(26)37-5)28(35)19(3)29-27(34)22-16-20-11-8-9-12-21(20)31(22)17-25(32)33/h8-9,11-12,14-16,19H,6-7,10,13,17H2,1-5H3,(H,29,34)(H,32,33)/t19-/m1/s1. The number of aryl methyl sites for hydroxylation is 1. The van der Waals surface area contributed by atoms with E-state index in [2.05, 4.69) is 12.2 Å². The van der Waals surface area contributed by atoms with Gasteiger partial charge in [0.2, 0.25) is 5.91 Å². The molecule has 0 spiro atoms. The SMILES string of the molecule is CCCCCN(C(=O)[C@@H](C)NC(=O)c1cc2ccccc2n1CC(=O)O)c1c(OC)cc(C)cc1OC. The molecule has 0 unspecified atom stereocenters. The minimum Gasteiger partial charge on any atom is -0.494 e. The topological polar surface area (TPSA) is 110 Å². The van der Waals surface area contributed by atoms with Crippen LogP contribution in [0.25, 0.3) is 10.9 Å². The Morgan fingerprint density at radius 1 is 1.05 bits per heavy atom. The number of nitrogens with one attached hydrogen (secondary N) is 1. The number of aromatic nitrogens is 1. The number of unbranched alkanes of at least 4 members (excludes halogenated alkanes) is 2. The third-order valence-corrected chi connectivity index (χ3v) is 6.20. The van der Waals surface area contributed by atoms with Gasteiger partial charge in [0.05, 0.1) is 14.2 Å². The molecule has 0 saturated carbocycles. The Balaban J connectivity index is 1.94. The van der Waals surface area contributed by atoms with E-state index >= 15 is 0 Å². The van der Waals surface area contributed by atoms with Crippen molar-refractivity contribution in [3.8, 4) is 11.5 Å². The van der Waals surface area contributed by atoms with E-state index in [-0.39, 0.29) is 18.1 Å². The van der Waals surface area contributed by atoms with E-state index in [1.165, 1.54) is 4.57 Å². The van der Waals surface area contributed by atoms with Crippen LogP contribution in [0.4, 0.5) is 5.69 Å². The molecule has 0 aliphatic carbocycles. The number of amides is 2. The van der Waals surface area contributed by atoms with Gasteiger partial charge in [-0.1, -0.05) is 38.0 Å². The van der Waals surface area contributed by atoms with E-state index in [0.29, 0.717) is 29.2 Å². The summed E-state index contributed by atoms with van der Waals surface area (Å²) in [6.45, 7) is 5.65. The Kier molecular flexibility index (Phi) is 9.16. The molecule has 1 atom stereocenters. The lowest BCUT2D eigenvalue weighted by Gasteiger charge is -2.29. The van der Waals surface area contributed by atoms with E-state index in [9.17, 15) is 19.5 Å². The average molecular weight is 510 g/mol. The zero-order valence-corrected chi connectivity index (χ0v) is 22.0. The monoisotopic (exact) mass is 509 g/mol. The van der Waals surface area contributed by atoms with Crippen LogP contribution >= 0.6 is 0 Å². The van der Waals surface area contributed by atoms with Crippen molar-refractivity contribution in [2.24, 2.45) is 0 Å². The molecule has 9 nitrogen and oxygen atoms in total. The number of methoxy groups -OCH3 is 2. The fourth-order valence-electron chi connectivity index (χ4n) is 4.41. The lowest BCUT2D eigenvalue weighted by atomic mass is 10.1. The van der Waals surface area contributed by atoms with Gasteiger partial charge in [0.25, 0.3) is 5.91 Å². The Morgan fingerprint density at radius 2 is 1.70 bits per heavy atom. The average Bonchev–Trinajstić information content (AvgIpc) is 3.24. The Bertz CT molecular complexity index is 1260. The van der Waals surface area contributed by atoms with Crippen molar-refractivity contribution in [1.82, 2.24) is 9.88 Å². The number of carbonyl (C=O) groups is 3. The molecule has 0 aliphatic heterocycles. The van der Waals surface area contributed by atoms with E-state index < -0.39 is 17.9 Å². The number of hydrogen-bond acceptors (Lipinski definition) is 5. The molecule has 2 aromatic carbocycles. The maximum Gasteiger partial charge on any atom is 0.323 e. The molecule has 0 bridgehead atoms. The summed E-state index contributed by atoms with van der Waals surface area (Å²) < 4.78 is 12.6. The smallest absolute Gasteiger partial charge is 0.323 e. The number of carboxylic acids is 1. The molecule has 2 amide bonds. The van der Waals surface area contributed by atoms with Gasteiger partial charge in [-0.15, -0.1) is 0 Å². The third-order valence-electron chi connectivity index (χ3n) is 6.20. The number of carboxylic acid groups (broad SMARTS) is 1. The fraction of sp³-hybridized carbons (Fsp3) is 0.393. The van der Waals surface area contributed by atoms with Gasteiger partial charge in [-0.05, 0) is 50.1 Å². The summed E-state index contributed by atoms with van der Waals surface area (Å²) in [7, 11) is 3.08. The lowest BCUT2D eigenvalue weighted by molar-refractivity contribution is -0.137. The van der Waals surface area contributed by atoms with Gasteiger partial charge in [0.15, 0.2) is 0 Å². The first kappa shape index (κ1) is 27.6. The van der Waals surface area contributed by atoms with Gasteiger partial charge in [0.1, 0.15) is 35.5 Å². The molecule has 0 fully saturated rings. The van der Waals surface area contributed by atoms with Crippen molar-refractivity contribution >= 4 is 34.4 Å². The van der Waals surface area contributed by atoms with Crippen LogP contribution in [0, 0.1) is 6.92 Å². The second kappa shape index (κ2) is 12.3. The summed E-state index contributed by atoms with van der Waals surface area (Å²) >= 11 is 0. The molecule has 1 heterocycles. The van der Waals surface area contributed by atoms with E-state index in [0.717, 1.165) is 30.2 Å². The number of nitrogens with zero attached hydrogens (tertiary/aromatic N) is 2. The number of carbonyl (C=O) groups excluding carboxylic acids is 2. The quantitative estimate of drug-likeness (QED) is 0.351. The molecule has 3 rings (SSSR count). The number of ether oxygens (including phenoxy) is 2. The largest absolute Gasteiger partial charge is 0.494 e. The predicted octanol–water partition coefficient (Wildman–Crippen LogP) is 4.39. The van der Waals surface area contributed by atoms with Crippen LogP contribution in [0.2, 0.25) is 0 Å². The van der Waals surface area contributed by atoms with Crippen molar-refractivity contribution < 1.29 is 29.0 Å². The second-order valence-corrected chi connectivity index (χ2v) is 8.98. The Labute approximate surface area is 217 Å². The Morgan fingerprint density at radius 3 is 2.30 bits per heavy atom. The summed E-state index contributed by atoms with van der Waals surface area (Å²) in [5.74, 6) is -0.927. The third kappa shape index (κ3) is 6.22. The zero-order valence-electron chi connectivity index (χ0n) is 22.0. The van der Waals surface area contributed by atoms with Gasteiger partial charge >= 0.3 is 5.97 Å². The number of fused-ring (bicyclic) bond motifs is 1. The van der Waals surface area contributed by atoms with Gasteiger partial charge in [-0.25, -0.2) is 0 Å². The van der Waals surface area contributed by atoms with Gasteiger partial charge in [-0.3, -0.25) is 14.4 Å². The van der Waals surface area contributed by atoms with Gasteiger partial charge < -0.3 is 29.4 Å². The first-order valence-corrected chi connectivity index (χ1v) is 12.4. The molecule has 0 radical (unpaired) electrons. The van der Waals surface area contributed by atoms with Crippen LogP contribution in [0.3, 0.4) is 0 Å². The van der Waals surface area contributed by atoms with E-state index in [1.807, 2.05) is 31.2 Å². The summed E-state index contributed by atoms with van der Waals surface area (Å²) in [5.41, 5.74) is 2.24. The van der Waals surface area contributed by atoms with Crippen molar-refractivity contribution in [2.45, 2.75) is 52.6 Å². The second-order valence-electron chi connectivity index (χ2n) is 8.98. The summed E-state index contributed by atoms with van der Waals surface area (Å²) in [4.78, 5) is 40.2. The number of para-hydroxylation sites is 1. The number of anilines is 1. The Hall–Kier alpha value is -4.01. The molecular formula is C28H35N3O6. The molecule has 37 heavy (non-hydrogen) atoms. The molecule has 0 saturated heterocycles. The van der Waals surface area contributed by atoms with Crippen LogP contribution in [-0.4, -0.2) is 54.3 Å². The van der Waals surface area contributed by atoms with Crippen LogP contribution in [-0.2, 0) is 16.1 Å². The number of hydrogen-bond donors (Lipinski definition) is 2. The molecule has 198 valence electrons. The van der Waals surface area contributed by atoms with Crippen LogP contribution in [0.5, 0.6) is 11.5 Å². The van der Waals surface area contributed by atoms with Crippen molar-refractivity contribution in [1.29, 1.82) is 0 Å².